The van der Waals surface area contributed by atoms with Crippen LogP contribution in [0.4, 0.5) is 26.3 Å². The third kappa shape index (κ3) is 11.4. The zero-order valence-corrected chi connectivity index (χ0v) is 23.6. The van der Waals surface area contributed by atoms with E-state index < -0.39 is 24.3 Å². The van der Waals surface area contributed by atoms with Gasteiger partial charge in [-0.1, -0.05) is 19.9 Å². The predicted molar refractivity (Wildman–Crippen MR) is 139 cm³/mol. The van der Waals surface area contributed by atoms with Crippen molar-refractivity contribution in [2.45, 2.75) is 71.4 Å². The number of halogens is 6. The maximum atomic E-state index is 12.6. The molecule has 3 N–H and O–H groups in total. The molecule has 0 atom stereocenters. The lowest BCUT2D eigenvalue weighted by atomic mass is 9.73. The van der Waals surface area contributed by atoms with Gasteiger partial charge in [0.2, 0.25) is 5.82 Å². The number of aromatic nitrogens is 4. The first-order valence-corrected chi connectivity index (χ1v) is 13.4. The van der Waals surface area contributed by atoms with Crippen molar-refractivity contribution in [3.8, 4) is 0 Å². The van der Waals surface area contributed by atoms with Gasteiger partial charge in [0.25, 0.3) is 5.91 Å². The van der Waals surface area contributed by atoms with Crippen molar-refractivity contribution in [1.29, 1.82) is 0 Å². The Morgan fingerprint density at radius 2 is 1.58 bits per heavy atom. The summed E-state index contributed by atoms with van der Waals surface area (Å²) in [7, 11) is 0. The molecule has 17 heteroatoms. The molecule has 0 bridgehead atoms. The molecule has 0 aliphatic carbocycles. The van der Waals surface area contributed by atoms with Crippen LogP contribution < -0.4 is 5.32 Å². The Kier molecular flexibility index (Phi) is 12.5. The normalized spacial score (nSPS) is 16.3. The van der Waals surface area contributed by atoms with Crippen LogP contribution in [0.25, 0.3) is 0 Å². The summed E-state index contributed by atoms with van der Waals surface area (Å²) in [5.74, 6) is -3.58. The second-order valence-corrected chi connectivity index (χ2v) is 10.7. The molecule has 0 saturated carbocycles. The minimum Gasteiger partial charge on any atom is -0.475 e. The molecule has 2 aliphatic rings. The first kappa shape index (κ1) is 35.4. The van der Waals surface area contributed by atoms with Gasteiger partial charge in [0.15, 0.2) is 0 Å². The number of amides is 1. The predicted octanol–water partition coefficient (Wildman–Crippen LogP) is 3.94. The van der Waals surface area contributed by atoms with Gasteiger partial charge in [-0.3, -0.25) is 14.7 Å². The van der Waals surface area contributed by atoms with Crippen LogP contribution in [0.2, 0.25) is 0 Å². The summed E-state index contributed by atoms with van der Waals surface area (Å²) in [5, 5.41) is 25.8. The number of aryl methyl sites for hydroxylation is 1. The fraction of sp³-hybridized carbons (Fsp3) is 0.615. The Morgan fingerprint density at radius 1 is 1.00 bits per heavy atom. The van der Waals surface area contributed by atoms with Gasteiger partial charge in [0, 0.05) is 38.4 Å². The van der Waals surface area contributed by atoms with Crippen LogP contribution in [-0.2, 0) is 29.1 Å². The highest BCUT2D eigenvalue weighted by Gasteiger charge is 2.40. The molecule has 2 aromatic heterocycles. The molecule has 0 radical (unpaired) electrons. The maximum absolute atomic E-state index is 12.6. The molecule has 1 spiro atoms. The molecule has 2 aromatic rings. The fourth-order valence-corrected chi connectivity index (χ4v) is 4.54. The standard InChI is InChI=1S/C22H32N6O.2C2HF3O2/c1-17(2)6-11-24-21(29)20-26-25-19-5-7-22(16-28(19)20)8-12-27(13-9-22)15-18-4-3-10-23-14-18;2*3-2(4,5)1(6)7/h3-4,10,14,17H,5-9,11-13,15-16H2,1-2H3,(H,24,29);2*(H,6,7). The van der Waals surface area contributed by atoms with Gasteiger partial charge in [-0.25, -0.2) is 9.59 Å². The van der Waals surface area contributed by atoms with Gasteiger partial charge in [-0.05, 0) is 61.7 Å². The third-order valence-electron chi connectivity index (χ3n) is 6.94. The van der Waals surface area contributed by atoms with E-state index in [1.54, 1.807) is 0 Å². The molecule has 2 aliphatic heterocycles. The van der Waals surface area contributed by atoms with Gasteiger partial charge < -0.3 is 20.1 Å². The Hall–Kier alpha value is -3.76. The van der Waals surface area contributed by atoms with Crippen molar-refractivity contribution in [2.24, 2.45) is 11.3 Å². The molecule has 240 valence electrons. The Balaban J connectivity index is 0.000000384. The lowest BCUT2D eigenvalue weighted by Gasteiger charge is -2.44. The van der Waals surface area contributed by atoms with E-state index >= 15 is 0 Å². The van der Waals surface area contributed by atoms with Gasteiger partial charge in [-0.2, -0.15) is 26.3 Å². The molecule has 1 saturated heterocycles. The highest BCUT2D eigenvalue weighted by atomic mass is 19.4. The number of pyridine rings is 1. The first-order chi connectivity index (χ1) is 19.9. The van der Waals surface area contributed by atoms with Gasteiger partial charge in [0.05, 0.1) is 0 Å². The molecule has 4 rings (SSSR count). The topological polar surface area (TPSA) is 151 Å². The zero-order valence-electron chi connectivity index (χ0n) is 23.6. The fourth-order valence-electron chi connectivity index (χ4n) is 4.54. The number of nitrogens with one attached hydrogen (secondary N) is 1. The average Bonchev–Trinajstić information content (AvgIpc) is 3.33. The number of carbonyl (C=O) groups excluding carboxylic acids is 1. The summed E-state index contributed by atoms with van der Waals surface area (Å²) in [6, 6.07) is 4.15. The van der Waals surface area contributed by atoms with E-state index in [-0.39, 0.29) is 11.3 Å². The van der Waals surface area contributed by atoms with Crippen LogP contribution in [0.3, 0.4) is 0 Å². The summed E-state index contributed by atoms with van der Waals surface area (Å²) >= 11 is 0. The number of carboxylic acid groups (broad SMARTS) is 2. The van der Waals surface area contributed by atoms with Crippen molar-refractivity contribution >= 4 is 17.8 Å². The number of hydrogen-bond donors (Lipinski definition) is 3. The van der Waals surface area contributed by atoms with Crippen molar-refractivity contribution in [2.75, 3.05) is 19.6 Å². The Labute approximate surface area is 243 Å². The van der Waals surface area contributed by atoms with Crippen molar-refractivity contribution in [3.05, 3.63) is 41.7 Å². The smallest absolute Gasteiger partial charge is 0.475 e. The van der Waals surface area contributed by atoms with Gasteiger partial charge in [0.1, 0.15) is 5.82 Å². The number of piperidine rings is 1. The van der Waals surface area contributed by atoms with Crippen LogP contribution in [0.15, 0.2) is 24.5 Å². The van der Waals surface area contributed by atoms with E-state index in [1.807, 2.05) is 18.5 Å². The number of carbonyl (C=O) groups is 3. The molecule has 11 nitrogen and oxygen atoms in total. The molecule has 43 heavy (non-hydrogen) atoms. The van der Waals surface area contributed by atoms with Crippen LogP contribution in [-0.4, -0.2) is 84.7 Å². The number of rotatable bonds is 6. The van der Waals surface area contributed by atoms with Crippen LogP contribution in [0.5, 0.6) is 0 Å². The number of carboxylic acids is 2. The molecule has 4 heterocycles. The monoisotopic (exact) mass is 624 g/mol. The van der Waals surface area contributed by atoms with Crippen LogP contribution >= 0.6 is 0 Å². The number of nitrogens with zero attached hydrogens (tertiary/aromatic N) is 5. The van der Waals surface area contributed by atoms with E-state index in [9.17, 15) is 31.1 Å². The molecular formula is C26H34F6N6O5. The van der Waals surface area contributed by atoms with E-state index in [4.69, 9.17) is 19.8 Å². The minimum atomic E-state index is -5.08. The SMILES string of the molecule is CC(C)CCNC(=O)c1nnc2n1CC1(CC2)CCN(Cc2cccnc2)CC1.O=C(O)C(F)(F)F.O=C(O)C(F)(F)F. The molecule has 0 unspecified atom stereocenters. The highest BCUT2D eigenvalue weighted by Crippen LogP contribution is 2.41. The number of alkyl halides is 6. The quantitative estimate of drug-likeness (QED) is 0.406. The van der Waals surface area contributed by atoms with Crippen molar-refractivity contribution in [1.82, 2.24) is 30.0 Å². The number of fused-ring (bicyclic) bond motifs is 1. The molecule has 1 amide bonds. The third-order valence-corrected chi connectivity index (χ3v) is 6.94. The summed E-state index contributed by atoms with van der Waals surface area (Å²) in [4.78, 5) is 37.2. The number of likely N-dealkylation sites (tertiary alicyclic amines) is 1. The highest BCUT2D eigenvalue weighted by molar-refractivity contribution is 5.90. The average molecular weight is 625 g/mol. The lowest BCUT2D eigenvalue weighted by Crippen LogP contribution is -2.44. The minimum absolute atomic E-state index is 0.0875. The van der Waals surface area contributed by atoms with Gasteiger partial charge >= 0.3 is 24.3 Å². The summed E-state index contributed by atoms with van der Waals surface area (Å²) in [6.45, 7) is 9.01. The Morgan fingerprint density at radius 3 is 2.07 bits per heavy atom. The maximum Gasteiger partial charge on any atom is 0.490 e. The van der Waals surface area contributed by atoms with Crippen LogP contribution in [0.1, 0.15) is 61.5 Å². The second kappa shape index (κ2) is 15.1. The molecule has 1 fully saturated rings. The summed E-state index contributed by atoms with van der Waals surface area (Å²) in [6.07, 6.45) is -1.06. The van der Waals surface area contributed by atoms with Gasteiger partial charge in [-0.15, -0.1) is 10.2 Å². The molecular weight excluding hydrogens is 590 g/mol. The van der Waals surface area contributed by atoms with E-state index in [2.05, 4.69) is 49.9 Å². The van der Waals surface area contributed by atoms with Crippen molar-refractivity contribution < 1.29 is 50.9 Å². The van der Waals surface area contributed by atoms with E-state index in [0.717, 1.165) is 64.1 Å². The number of aliphatic carboxylic acids is 2. The number of hydrogen-bond acceptors (Lipinski definition) is 7. The lowest BCUT2D eigenvalue weighted by molar-refractivity contribution is -0.193. The zero-order chi connectivity index (χ0) is 32.4. The summed E-state index contributed by atoms with van der Waals surface area (Å²) in [5.41, 5.74) is 1.53. The first-order valence-electron chi connectivity index (χ1n) is 13.4. The Bertz CT molecular complexity index is 1190. The molecule has 0 aromatic carbocycles. The largest absolute Gasteiger partial charge is 0.490 e. The van der Waals surface area contributed by atoms with E-state index in [1.165, 1.54) is 5.56 Å². The van der Waals surface area contributed by atoms with Crippen molar-refractivity contribution in [3.63, 3.8) is 0 Å². The second-order valence-electron chi connectivity index (χ2n) is 10.7. The van der Waals surface area contributed by atoms with Crippen LogP contribution in [0, 0.1) is 11.3 Å². The summed E-state index contributed by atoms with van der Waals surface area (Å²) < 4.78 is 65.6. The van der Waals surface area contributed by atoms with E-state index in [0.29, 0.717) is 18.3 Å².